The van der Waals surface area contributed by atoms with Gasteiger partial charge < -0.3 is 25.2 Å². The van der Waals surface area contributed by atoms with Crippen molar-refractivity contribution in [2.24, 2.45) is 11.1 Å². The highest BCUT2D eigenvalue weighted by Gasteiger charge is 2.35. The Bertz CT molecular complexity index is 510. The zero-order valence-electron chi connectivity index (χ0n) is 12.7. The van der Waals surface area contributed by atoms with E-state index in [1.165, 1.54) is 0 Å². The van der Waals surface area contributed by atoms with E-state index in [4.69, 9.17) is 15.2 Å². The average molecular weight is 292 g/mol. The van der Waals surface area contributed by atoms with Gasteiger partial charge in [-0.2, -0.15) is 0 Å². The molecule has 1 fully saturated rings. The molecule has 1 saturated heterocycles. The monoisotopic (exact) mass is 292 g/mol. The van der Waals surface area contributed by atoms with E-state index in [2.05, 4.69) is 18.7 Å². The minimum atomic E-state index is -0.690. The molecular formula is C16H24N2O3. The molecule has 116 valence electrons. The maximum atomic E-state index is 10.4. The Morgan fingerprint density at radius 3 is 2.57 bits per heavy atom. The third kappa shape index (κ3) is 3.15. The molecule has 0 spiro atoms. The predicted molar refractivity (Wildman–Crippen MR) is 80.6 cm³/mol. The van der Waals surface area contributed by atoms with E-state index in [1.807, 2.05) is 18.2 Å². The van der Waals surface area contributed by atoms with Crippen LogP contribution in [-0.4, -0.2) is 48.9 Å². The summed E-state index contributed by atoms with van der Waals surface area (Å²) in [5.74, 6) is 1.42. The molecule has 2 heterocycles. The van der Waals surface area contributed by atoms with Crippen molar-refractivity contribution in [2.45, 2.75) is 26.0 Å². The molecule has 1 aromatic carbocycles. The van der Waals surface area contributed by atoms with Gasteiger partial charge >= 0.3 is 0 Å². The molecule has 2 atom stereocenters. The van der Waals surface area contributed by atoms with Gasteiger partial charge in [0.05, 0.1) is 6.10 Å². The van der Waals surface area contributed by atoms with Crippen molar-refractivity contribution in [3.8, 4) is 11.5 Å². The van der Waals surface area contributed by atoms with Crippen LogP contribution in [0.1, 0.15) is 25.5 Å². The van der Waals surface area contributed by atoms with Gasteiger partial charge in [0.1, 0.15) is 13.2 Å². The van der Waals surface area contributed by atoms with E-state index < -0.39 is 6.10 Å². The first-order valence-electron chi connectivity index (χ1n) is 7.50. The second-order valence-corrected chi connectivity index (χ2v) is 6.85. The number of rotatable bonds is 4. The fourth-order valence-electron chi connectivity index (χ4n) is 3.18. The van der Waals surface area contributed by atoms with E-state index in [0.29, 0.717) is 30.9 Å². The van der Waals surface area contributed by atoms with Crippen LogP contribution in [0.15, 0.2) is 18.2 Å². The first-order chi connectivity index (χ1) is 9.94. The largest absolute Gasteiger partial charge is 0.486 e. The van der Waals surface area contributed by atoms with Crippen LogP contribution in [0.2, 0.25) is 0 Å². The van der Waals surface area contributed by atoms with Crippen molar-refractivity contribution in [3.63, 3.8) is 0 Å². The van der Waals surface area contributed by atoms with Gasteiger partial charge in [-0.15, -0.1) is 0 Å². The Balaban J connectivity index is 1.63. The minimum Gasteiger partial charge on any atom is -0.486 e. The van der Waals surface area contributed by atoms with Gasteiger partial charge in [0, 0.05) is 25.7 Å². The number of nitrogens with zero attached hydrogens (tertiary/aromatic N) is 1. The molecule has 0 radical (unpaired) electrons. The van der Waals surface area contributed by atoms with Crippen LogP contribution in [-0.2, 0) is 0 Å². The highest BCUT2D eigenvalue weighted by molar-refractivity contribution is 5.44. The van der Waals surface area contributed by atoms with Crippen LogP contribution >= 0.6 is 0 Å². The smallest absolute Gasteiger partial charge is 0.161 e. The number of ether oxygens (including phenoxy) is 2. The van der Waals surface area contributed by atoms with Gasteiger partial charge in [-0.1, -0.05) is 19.9 Å². The van der Waals surface area contributed by atoms with Crippen molar-refractivity contribution in [1.29, 1.82) is 0 Å². The zero-order valence-corrected chi connectivity index (χ0v) is 12.7. The summed E-state index contributed by atoms with van der Waals surface area (Å²) in [7, 11) is 0. The maximum Gasteiger partial charge on any atom is 0.161 e. The van der Waals surface area contributed by atoms with E-state index in [0.717, 1.165) is 24.4 Å². The Hall–Kier alpha value is -1.30. The molecular weight excluding hydrogens is 268 g/mol. The van der Waals surface area contributed by atoms with Crippen molar-refractivity contribution in [1.82, 2.24) is 4.90 Å². The summed E-state index contributed by atoms with van der Waals surface area (Å²) in [6, 6.07) is 5.23. The summed E-state index contributed by atoms with van der Waals surface area (Å²) >= 11 is 0. The Labute approximate surface area is 125 Å². The Morgan fingerprint density at radius 2 is 1.90 bits per heavy atom. The number of aliphatic hydroxyl groups is 1. The van der Waals surface area contributed by atoms with Gasteiger partial charge in [-0.05, 0) is 23.1 Å². The minimum absolute atomic E-state index is 0.302. The lowest BCUT2D eigenvalue weighted by atomic mass is 9.84. The highest BCUT2D eigenvalue weighted by atomic mass is 16.6. The third-order valence-electron chi connectivity index (χ3n) is 4.09. The number of fused-ring (bicyclic) bond motifs is 1. The molecule has 3 rings (SSSR count). The second-order valence-electron chi connectivity index (χ2n) is 6.85. The number of aliphatic hydroxyl groups excluding tert-OH is 1. The Morgan fingerprint density at radius 1 is 1.24 bits per heavy atom. The summed E-state index contributed by atoms with van der Waals surface area (Å²) in [5.41, 5.74) is 7.32. The summed E-state index contributed by atoms with van der Waals surface area (Å²) < 4.78 is 11.0. The van der Waals surface area contributed by atoms with Gasteiger partial charge in [-0.3, -0.25) is 0 Å². The summed E-state index contributed by atoms with van der Waals surface area (Å²) in [4.78, 5) is 2.28. The number of nitrogens with two attached hydrogens (primary N) is 1. The van der Waals surface area contributed by atoms with Gasteiger partial charge in [-0.25, -0.2) is 0 Å². The molecule has 0 aromatic heterocycles. The molecule has 3 N–H and O–H groups in total. The molecule has 2 aliphatic rings. The molecule has 0 amide bonds. The Kier molecular flexibility index (Phi) is 3.82. The van der Waals surface area contributed by atoms with Crippen LogP contribution in [0.5, 0.6) is 11.5 Å². The van der Waals surface area contributed by atoms with Crippen LogP contribution in [0, 0.1) is 5.41 Å². The molecule has 0 bridgehead atoms. The fraction of sp³-hybridized carbons (Fsp3) is 0.625. The van der Waals surface area contributed by atoms with Crippen LogP contribution in [0.25, 0.3) is 0 Å². The first kappa shape index (κ1) is 14.6. The quantitative estimate of drug-likeness (QED) is 0.871. The van der Waals surface area contributed by atoms with E-state index in [1.54, 1.807) is 0 Å². The number of hydrogen-bond donors (Lipinski definition) is 2. The summed E-state index contributed by atoms with van der Waals surface area (Å²) in [6.07, 6.45) is -0.690. The number of hydrogen-bond acceptors (Lipinski definition) is 5. The first-order valence-corrected chi connectivity index (χ1v) is 7.50. The predicted octanol–water partition coefficient (Wildman–Crippen LogP) is 1.16. The SMILES string of the molecule is CC1(C)CN(C[C@@H](N)[C@H](O)c2ccc3c(c2)OCCO3)C1. The van der Waals surface area contributed by atoms with Crippen LogP contribution in [0.4, 0.5) is 0 Å². The lowest BCUT2D eigenvalue weighted by Gasteiger charge is -2.47. The zero-order chi connectivity index (χ0) is 15.0. The molecule has 0 saturated carbocycles. The number of likely N-dealkylation sites (tertiary alicyclic amines) is 1. The van der Waals surface area contributed by atoms with E-state index in [9.17, 15) is 5.11 Å². The maximum absolute atomic E-state index is 10.4. The van der Waals surface area contributed by atoms with Gasteiger partial charge in [0.15, 0.2) is 11.5 Å². The van der Waals surface area contributed by atoms with Crippen LogP contribution in [0.3, 0.4) is 0 Å². The number of benzene rings is 1. The molecule has 2 aliphatic heterocycles. The average Bonchev–Trinajstić information content (AvgIpc) is 2.44. The normalized spacial score (nSPS) is 23.2. The molecule has 0 unspecified atom stereocenters. The van der Waals surface area contributed by atoms with Gasteiger partial charge in [0.25, 0.3) is 0 Å². The van der Waals surface area contributed by atoms with Crippen molar-refractivity contribution >= 4 is 0 Å². The third-order valence-corrected chi connectivity index (χ3v) is 4.09. The lowest BCUT2D eigenvalue weighted by molar-refractivity contribution is 0.0102. The van der Waals surface area contributed by atoms with Crippen LogP contribution < -0.4 is 15.2 Å². The van der Waals surface area contributed by atoms with E-state index in [-0.39, 0.29) is 6.04 Å². The molecule has 21 heavy (non-hydrogen) atoms. The van der Waals surface area contributed by atoms with E-state index >= 15 is 0 Å². The molecule has 0 aliphatic carbocycles. The fourth-order valence-corrected chi connectivity index (χ4v) is 3.18. The van der Waals surface area contributed by atoms with Gasteiger partial charge in [0.2, 0.25) is 0 Å². The lowest BCUT2D eigenvalue weighted by Crippen LogP contribution is -2.56. The topological polar surface area (TPSA) is 68.0 Å². The molecule has 1 aromatic rings. The highest BCUT2D eigenvalue weighted by Crippen LogP contribution is 2.34. The second kappa shape index (κ2) is 5.48. The molecule has 5 nitrogen and oxygen atoms in total. The standard InChI is InChI=1S/C16H24N2O3/c1-16(2)9-18(10-16)8-12(17)15(19)11-3-4-13-14(7-11)21-6-5-20-13/h3-4,7,12,15,19H,5-6,8-10,17H2,1-2H3/t12-,15-/m1/s1. The molecule has 5 heteroatoms. The van der Waals surface area contributed by atoms with Crippen molar-refractivity contribution in [3.05, 3.63) is 23.8 Å². The summed E-state index contributed by atoms with van der Waals surface area (Å²) in [5, 5.41) is 10.4. The summed E-state index contributed by atoms with van der Waals surface area (Å²) in [6.45, 7) is 8.38. The van der Waals surface area contributed by atoms with Crippen molar-refractivity contribution < 1.29 is 14.6 Å². The van der Waals surface area contributed by atoms with Crippen molar-refractivity contribution in [2.75, 3.05) is 32.8 Å².